The molecule has 96 valence electrons. The highest BCUT2D eigenvalue weighted by Gasteiger charge is 2.06. The topological polar surface area (TPSA) is 50.4 Å². The Morgan fingerprint density at radius 2 is 2.12 bits per heavy atom. The zero-order chi connectivity index (χ0) is 12.8. The average Bonchev–Trinajstić information content (AvgIpc) is 2.31. The number of aromatic hydroxyl groups is 1. The summed E-state index contributed by atoms with van der Waals surface area (Å²) in [5.41, 5.74) is -0.143. The molecule has 0 aliphatic carbocycles. The molecule has 0 radical (unpaired) electrons. The highest BCUT2D eigenvalue weighted by molar-refractivity contribution is 5.28. The van der Waals surface area contributed by atoms with Crippen LogP contribution in [-0.4, -0.2) is 5.11 Å². The largest absolute Gasteiger partial charge is 0.507 e. The third-order valence-corrected chi connectivity index (χ3v) is 3.28. The lowest BCUT2D eigenvalue weighted by atomic mass is 10.0. The molecule has 0 saturated carbocycles. The van der Waals surface area contributed by atoms with Crippen molar-refractivity contribution in [3.8, 4) is 5.75 Å². The molecule has 1 N–H and O–H groups in total. The zero-order valence-electron chi connectivity index (χ0n) is 11.0. The van der Waals surface area contributed by atoms with Gasteiger partial charge in [-0.3, -0.25) is 0 Å². The summed E-state index contributed by atoms with van der Waals surface area (Å²) >= 11 is 0. The molecule has 0 fully saturated rings. The smallest absolute Gasteiger partial charge is 0.342 e. The maximum absolute atomic E-state index is 11.3. The summed E-state index contributed by atoms with van der Waals surface area (Å²) in [6, 6.07) is 1.56. The number of unbranched alkanes of at least 4 members (excludes halogenated alkanes) is 1. The van der Waals surface area contributed by atoms with Crippen LogP contribution in [0.4, 0.5) is 0 Å². The molecular formula is C14H22O3. The van der Waals surface area contributed by atoms with Crippen LogP contribution in [0.3, 0.4) is 0 Å². The Balaban J connectivity index is 2.45. The van der Waals surface area contributed by atoms with E-state index < -0.39 is 5.63 Å². The molecule has 1 rings (SSSR count). The van der Waals surface area contributed by atoms with E-state index in [9.17, 15) is 9.90 Å². The molecule has 3 heteroatoms. The monoisotopic (exact) mass is 238 g/mol. The highest BCUT2D eigenvalue weighted by Crippen LogP contribution is 2.17. The van der Waals surface area contributed by atoms with Crippen molar-refractivity contribution < 1.29 is 9.52 Å². The van der Waals surface area contributed by atoms with Gasteiger partial charge in [-0.05, 0) is 19.3 Å². The van der Waals surface area contributed by atoms with Gasteiger partial charge in [0.2, 0.25) is 0 Å². The Morgan fingerprint density at radius 3 is 2.71 bits per heavy atom. The lowest BCUT2D eigenvalue weighted by Crippen LogP contribution is -2.05. The highest BCUT2D eigenvalue weighted by atomic mass is 16.4. The first-order valence-corrected chi connectivity index (χ1v) is 6.37. The van der Waals surface area contributed by atoms with Gasteiger partial charge < -0.3 is 9.52 Å². The Labute approximate surface area is 102 Å². The van der Waals surface area contributed by atoms with E-state index in [0.29, 0.717) is 5.76 Å². The molecule has 1 aromatic rings. The molecule has 0 aromatic carbocycles. The standard InChI is InChI=1S/C14H22O3/c1-4-10(2)7-5-6-8-12-9-13(15)11(3)14(16)17-12/h9-10,15H,4-8H2,1-3H3/t10-/m1/s1. The van der Waals surface area contributed by atoms with Crippen LogP contribution in [0.5, 0.6) is 5.75 Å². The van der Waals surface area contributed by atoms with Gasteiger partial charge in [-0.15, -0.1) is 0 Å². The number of rotatable bonds is 6. The third-order valence-electron chi connectivity index (χ3n) is 3.28. The van der Waals surface area contributed by atoms with Crippen molar-refractivity contribution in [2.75, 3.05) is 0 Å². The molecule has 0 spiro atoms. The molecule has 1 atom stereocenters. The van der Waals surface area contributed by atoms with Crippen LogP contribution < -0.4 is 5.63 Å². The normalized spacial score (nSPS) is 12.6. The van der Waals surface area contributed by atoms with Crippen molar-refractivity contribution in [3.63, 3.8) is 0 Å². The average molecular weight is 238 g/mol. The van der Waals surface area contributed by atoms with Crippen LogP contribution in [0.2, 0.25) is 0 Å². The Kier molecular flexibility index (Phi) is 5.26. The van der Waals surface area contributed by atoms with E-state index >= 15 is 0 Å². The lowest BCUT2D eigenvalue weighted by molar-refractivity contribution is 0.407. The van der Waals surface area contributed by atoms with Crippen molar-refractivity contribution >= 4 is 0 Å². The van der Waals surface area contributed by atoms with Crippen LogP contribution in [0.25, 0.3) is 0 Å². The summed E-state index contributed by atoms with van der Waals surface area (Å²) in [4.78, 5) is 11.3. The number of aryl methyl sites for hydroxylation is 1. The Hall–Kier alpha value is -1.25. The van der Waals surface area contributed by atoms with Crippen molar-refractivity contribution in [2.24, 2.45) is 5.92 Å². The maximum atomic E-state index is 11.3. The second kappa shape index (κ2) is 6.48. The summed E-state index contributed by atoms with van der Waals surface area (Å²) in [5, 5.41) is 9.50. The Bertz CT molecular complexity index is 406. The van der Waals surface area contributed by atoms with Crippen LogP contribution in [-0.2, 0) is 6.42 Å². The number of hydrogen-bond donors (Lipinski definition) is 1. The first kappa shape index (κ1) is 13.8. The van der Waals surface area contributed by atoms with Gasteiger partial charge in [0.1, 0.15) is 11.5 Å². The summed E-state index contributed by atoms with van der Waals surface area (Å²) in [5.74, 6) is 1.38. The van der Waals surface area contributed by atoms with Gasteiger partial charge in [0.25, 0.3) is 0 Å². The van der Waals surface area contributed by atoms with Gasteiger partial charge in [-0.2, -0.15) is 0 Å². The molecule has 1 aromatic heterocycles. The molecule has 0 saturated heterocycles. The Morgan fingerprint density at radius 1 is 1.41 bits per heavy atom. The minimum atomic E-state index is -0.429. The first-order valence-electron chi connectivity index (χ1n) is 6.37. The molecule has 0 aliphatic rings. The van der Waals surface area contributed by atoms with E-state index in [2.05, 4.69) is 13.8 Å². The molecule has 0 bridgehead atoms. The summed E-state index contributed by atoms with van der Waals surface area (Å²) in [6.07, 6.45) is 5.27. The van der Waals surface area contributed by atoms with Gasteiger partial charge in [0, 0.05) is 12.5 Å². The quantitative estimate of drug-likeness (QED) is 0.773. The predicted molar refractivity (Wildman–Crippen MR) is 68.4 cm³/mol. The fourth-order valence-electron chi connectivity index (χ4n) is 1.71. The van der Waals surface area contributed by atoms with Gasteiger partial charge in [-0.1, -0.05) is 33.1 Å². The molecule has 0 unspecified atom stereocenters. The fraction of sp³-hybridized carbons (Fsp3) is 0.643. The molecule has 0 aliphatic heterocycles. The lowest BCUT2D eigenvalue weighted by Gasteiger charge is -2.07. The van der Waals surface area contributed by atoms with Crippen molar-refractivity contribution in [2.45, 2.75) is 52.9 Å². The van der Waals surface area contributed by atoms with Gasteiger partial charge in [0.05, 0.1) is 5.56 Å². The van der Waals surface area contributed by atoms with Crippen LogP contribution in [0, 0.1) is 12.8 Å². The minimum Gasteiger partial charge on any atom is -0.507 e. The van der Waals surface area contributed by atoms with Crippen LogP contribution in [0.15, 0.2) is 15.3 Å². The zero-order valence-corrected chi connectivity index (χ0v) is 11.0. The summed E-state index contributed by atoms with van der Waals surface area (Å²) in [6.45, 7) is 6.01. The SMILES string of the molecule is CC[C@@H](C)CCCCc1cc(O)c(C)c(=O)o1. The van der Waals surface area contributed by atoms with Crippen molar-refractivity contribution in [3.05, 3.63) is 27.8 Å². The predicted octanol–water partition coefficient (Wildman–Crippen LogP) is 3.41. The third kappa shape index (κ3) is 4.25. The van der Waals surface area contributed by atoms with E-state index in [0.717, 1.165) is 25.2 Å². The second-order valence-corrected chi connectivity index (χ2v) is 4.77. The minimum absolute atomic E-state index is 0.0400. The van der Waals surface area contributed by atoms with Gasteiger partial charge >= 0.3 is 5.63 Å². The van der Waals surface area contributed by atoms with Gasteiger partial charge in [0.15, 0.2) is 0 Å². The van der Waals surface area contributed by atoms with E-state index in [-0.39, 0.29) is 11.3 Å². The number of hydrogen-bond acceptors (Lipinski definition) is 3. The first-order chi connectivity index (χ1) is 8.04. The molecule has 0 amide bonds. The molecule has 17 heavy (non-hydrogen) atoms. The second-order valence-electron chi connectivity index (χ2n) is 4.77. The molecular weight excluding hydrogens is 216 g/mol. The van der Waals surface area contributed by atoms with Crippen LogP contribution in [0.1, 0.15) is 50.9 Å². The van der Waals surface area contributed by atoms with E-state index in [1.807, 2.05) is 0 Å². The molecule has 1 heterocycles. The summed E-state index contributed by atoms with van der Waals surface area (Å²) < 4.78 is 5.11. The summed E-state index contributed by atoms with van der Waals surface area (Å²) in [7, 11) is 0. The van der Waals surface area contributed by atoms with Gasteiger partial charge in [-0.25, -0.2) is 4.79 Å². The van der Waals surface area contributed by atoms with E-state index in [4.69, 9.17) is 4.42 Å². The van der Waals surface area contributed by atoms with Crippen LogP contribution >= 0.6 is 0 Å². The van der Waals surface area contributed by atoms with E-state index in [1.54, 1.807) is 13.0 Å². The van der Waals surface area contributed by atoms with Crippen molar-refractivity contribution in [1.29, 1.82) is 0 Å². The maximum Gasteiger partial charge on any atom is 0.342 e. The van der Waals surface area contributed by atoms with Crippen molar-refractivity contribution in [1.82, 2.24) is 0 Å². The van der Waals surface area contributed by atoms with E-state index in [1.165, 1.54) is 12.8 Å². The molecule has 3 nitrogen and oxygen atoms in total. The fourth-order valence-corrected chi connectivity index (χ4v) is 1.71.